The van der Waals surface area contributed by atoms with E-state index >= 15 is 0 Å². The predicted octanol–water partition coefficient (Wildman–Crippen LogP) is 2.99. The summed E-state index contributed by atoms with van der Waals surface area (Å²) in [5.74, 6) is 0. The molecule has 0 aliphatic carbocycles. The van der Waals surface area contributed by atoms with Gasteiger partial charge in [0.2, 0.25) is 0 Å². The highest BCUT2D eigenvalue weighted by Crippen LogP contribution is 2.19. The van der Waals surface area contributed by atoms with Crippen LogP contribution < -0.4 is 5.32 Å². The van der Waals surface area contributed by atoms with E-state index in [1.165, 1.54) is 10.9 Å². The molecule has 0 spiro atoms. The molecular weight excluding hydrogens is 248 g/mol. The number of nitrogens with one attached hydrogen (secondary N) is 2. The smallest absolute Gasteiger partial charge is 0.0626 e. The Kier molecular flexibility index (Phi) is 3.81. The highest BCUT2D eigenvalue weighted by Gasteiger charge is 2.10. The van der Waals surface area contributed by atoms with Crippen LogP contribution in [0.1, 0.15) is 17.2 Å². The summed E-state index contributed by atoms with van der Waals surface area (Å²) in [5.41, 5.74) is 3.47. The van der Waals surface area contributed by atoms with Gasteiger partial charge in [0.25, 0.3) is 0 Å². The van der Waals surface area contributed by atoms with Gasteiger partial charge in [-0.05, 0) is 17.2 Å². The third-order valence-electron chi connectivity index (χ3n) is 3.60. The second kappa shape index (κ2) is 5.90. The van der Waals surface area contributed by atoms with E-state index in [1.54, 1.807) is 0 Å². The van der Waals surface area contributed by atoms with Crippen LogP contribution >= 0.6 is 0 Å². The van der Waals surface area contributed by atoms with Crippen molar-refractivity contribution in [2.75, 3.05) is 6.61 Å². The Morgan fingerprint density at radius 3 is 2.55 bits per heavy atom. The van der Waals surface area contributed by atoms with Gasteiger partial charge in [-0.25, -0.2) is 0 Å². The van der Waals surface area contributed by atoms with Crippen LogP contribution in [0.2, 0.25) is 0 Å². The minimum absolute atomic E-state index is 0.0372. The van der Waals surface area contributed by atoms with Crippen molar-refractivity contribution in [1.82, 2.24) is 10.3 Å². The van der Waals surface area contributed by atoms with Crippen molar-refractivity contribution in [2.45, 2.75) is 12.6 Å². The molecule has 1 atom stereocenters. The Morgan fingerprint density at radius 1 is 1.00 bits per heavy atom. The van der Waals surface area contributed by atoms with E-state index in [4.69, 9.17) is 0 Å². The minimum atomic E-state index is -0.0372. The molecule has 20 heavy (non-hydrogen) atoms. The average Bonchev–Trinajstić information content (AvgIpc) is 2.92. The maximum atomic E-state index is 9.55. The fourth-order valence-electron chi connectivity index (χ4n) is 2.48. The molecule has 102 valence electrons. The molecule has 1 heterocycles. The molecule has 2 aromatic carbocycles. The normalized spacial score (nSPS) is 12.7. The highest BCUT2D eigenvalue weighted by molar-refractivity contribution is 5.82. The van der Waals surface area contributed by atoms with Gasteiger partial charge in [-0.2, -0.15) is 0 Å². The first-order valence-corrected chi connectivity index (χ1v) is 6.82. The molecule has 3 heteroatoms. The molecule has 0 aliphatic rings. The molecule has 0 amide bonds. The van der Waals surface area contributed by atoms with Crippen molar-refractivity contribution < 1.29 is 5.11 Å². The lowest BCUT2D eigenvalue weighted by atomic mass is 10.1. The van der Waals surface area contributed by atoms with Crippen LogP contribution in [0.25, 0.3) is 10.9 Å². The maximum Gasteiger partial charge on any atom is 0.0626 e. The largest absolute Gasteiger partial charge is 0.394 e. The minimum Gasteiger partial charge on any atom is -0.394 e. The van der Waals surface area contributed by atoms with E-state index in [0.29, 0.717) is 0 Å². The number of para-hydroxylation sites is 1. The molecule has 3 nitrogen and oxygen atoms in total. The van der Waals surface area contributed by atoms with Crippen LogP contribution in [0.15, 0.2) is 60.8 Å². The van der Waals surface area contributed by atoms with Gasteiger partial charge < -0.3 is 15.4 Å². The standard InChI is InChI=1S/C17H18N2O/c20-12-17(13-6-2-1-3-7-13)19-11-14-10-18-16-9-5-4-8-15(14)16/h1-10,17-20H,11-12H2/t17-/m1/s1. The number of benzene rings is 2. The molecule has 0 fully saturated rings. The van der Waals surface area contributed by atoms with Crippen LogP contribution in [-0.4, -0.2) is 16.7 Å². The number of aliphatic hydroxyl groups excluding tert-OH is 1. The first-order chi connectivity index (χ1) is 9.88. The van der Waals surface area contributed by atoms with Crippen molar-refractivity contribution >= 4 is 10.9 Å². The van der Waals surface area contributed by atoms with Crippen molar-refractivity contribution in [2.24, 2.45) is 0 Å². The summed E-state index contributed by atoms with van der Waals surface area (Å²) in [4.78, 5) is 3.27. The number of hydrogen-bond donors (Lipinski definition) is 3. The lowest BCUT2D eigenvalue weighted by Crippen LogP contribution is -2.23. The van der Waals surface area contributed by atoms with Gasteiger partial charge in [0.15, 0.2) is 0 Å². The fourth-order valence-corrected chi connectivity index (χ4v) is 2.48. The molecule has 0 saturated heterocycles. The lowest BCUT2D eigenvalue weighted by molar-refractivity contribution is 0.244. The molecule has 0 radical (unpaired) electrons. The van der Waals surface area contributed by atoms with Crippen molar-refractivity contribution in [3.63, 3.8) is 0 Å². The Labute approximate surface area is 118 Å². The van der Waals surface area contributed by atoms with Crippen molar-refractivity contribution in [1.29, 1.82) is 0 Å². The first kappa shape index (κ1) is 12.9. The molecule has 1 aromatic heterocycles. The van der Waals surface area contributed by atoms with E-state index in [2.05, 4.69) is 22.4 Å². The van der Waals surface area contributed by atoms with Crippen LogP contribution in [0.5, 0.6) is 0 Å². The number of rotatable bonds is 5. The summed E-state index contributed by atoms with van der Waals surface area (Å²) >= 11 is 0. The summed E-state index contributed by atoms with van der Waals surface area (Å²) in [7, 11) is 0. The van der Waals surface area contributed by atoms with Gasteiger partial charge in [0.1, 0.15) is 0 Å². The molecular formula is C17H18N2O. The molecule has 3 rings (SSSR count). The van der Waals surface area contributed by atoms with Gasteiger partial charge in [0.05, 0.1) is 12.6 Å². The van der Waals surface area contributed by atoms with Crippen LogP contribution in [0, 0.1) is 0 Å². The number of aromatic amines is 1. The van der Waals surface area contributed by atoms with Crippen molar-refractivity contribution in [3.8, 4) is 0 Å². The van der Waals surface area contributed by atoms with Crippen LogP contribution in [-0.2, 0) is 6.54 Å². The first-order valence-electron chi connectivity index (χ1n) is 6.82. The highest BCUT2D eigenvalue weighted by atomic mass is 16.3. The topological polar surface area (TPSA) is 48.0 Å². The zero-order valence-corrected chi connectivity index (χ0v) is 11.2. The predicted molar refractivity (Wildman–Crippen MR) is 81.4 cm³/mol. The lowest BCUT2D eigenvalue weighted by Gasteiger charge is -2.16. The maximum absolute atomic E-state index is 9.55. The Bertz CT molecular complexity index is 676. The van der Waals surface area contributed by atoms with Gasteiger partial charge >= 0.3 is 0 Å². The third-order valence-corrected chi connectivity index (χ3v) is 3.60. The number of H-pyrrole nitrogens is 1. The number of aliphatic hydroxyl groups is 1. The average molecular weight is 266 g/mol. The van der Waals surface area contributed by atoms with Gasteiger partial charge in [0, 0.05) is 23.6 Å². The summed E-state index contributed by atoms with van der Waals surface area (Å²) in [6.07, 6.45) is 2.02. The zero-order valence-electron chi connectivity index (χ0n) is 11.2. The van der Waals surface area contributed by atoms with Gasteiger partial charge in [-0.3, -0.25) is 0 Å². The van der Waals surface area contributed by atoms with Crippen LogP contribution in [0.3, 0.4) is 0 Å². The summed E-state index contributed by atoms with van der Waals surface area (Å²) in [6.45, 7) is 0.816. The molecule has 0 bridgehead atoms. The molecule has 3 aromatic rings. The van der Waals surface area contributed by atoms with Crippen molar-refractivity contribution in [3.05, 3.63) is 71.9 Å². The molecule has 0 unspecified atom stereocenters. The van der Waals surface area contributed by atoms with E-state index in [9.17, 15) is 5.11 Å². The monoisotopic (exact) mass is 266 g/mol. The molecule has 0 aliphatic heterocycles. The Balaban J connectivity index is 1.75. The third kappa shape index (κ3) is 2.59. The SMILES string of the molecule is OC[C@@H](NCc1c[nH]c2ccccc12)c1ccccc1. The van der Waals surface area contributed by atoms with E-state index in [-0.39, 0.29) is 12.6 Å². The second-order valence-electron chi connectivity index (χ2n) is 4.89. The van der Waals surface area contributed by atoms with Crippen LogP contribution in [0.4, 0.5) is 0 Å². The molecule has 0 saturated carbocycles. The number of aromatic nitrogens is 1. The molecule has 3 N–H and O–H groups in total. The van der Waals surface area contributed by atoms with Gasteiger partial charge in [-0.15, -0.1) is 0 Å². The second-order valence-corrected chi connectivity index (χ2v) is 4.89. The Hall–Kier alpha value is -2.10. The van der Waals surface area contributed by atoms with E-state index in [1.807, 2.05) is 48.7 Å². The fraction of sp³-hybridized carbons (Fsp3) is 0.176. The summed E-state index contributed by atoms with van der Waals surface area (Å²) in [6, 6.07) is 18.2. The Morgan fingerprint density at radius 2 is 1.75 bits per heavy atom. The summed E-state index contributed by atoms with van der Waals surface area (Å²) in [5, 5.41) is 14.2. The zero-order chi connectivity index (χ0) is 13.8. The summed E-state index contributed by atoms with van der Waals surface area (Å²) < 4.78 is 0. The van der Waals surface area contributed by atoms with Gasteiger partial charge in [-0.1, -0.05) is 48.5 Å². The number of hydrogen-bond acceptors (Lipinski definition) is 2. The van der Waals surface area contributed by atoms with E-state index in [0.717, 1.165) is 17.6 Å². The van der Waals surface area contributed by atoms with E-state index < -0.39 is 0 Å². The quantitative estimate of drug-likeness (QED) is 0.665. The number of fused-ring (bicyclic) bond motifs is 1.